The highest BCUT2D eigenvalue weighted by Gasteiger charge is 2.39. The first kappa shape index (κ1) is 20.6. The number of nitrogens with zero attached hydrogens (tertiary/aromatic N) is 3. The molecular weight excluding hydrogens is 422 g/mol. The van der Waals surface area contributed by atoms with Crippen molar-refractivity contribution in [3.63, 3.8) is 0 Å². The lowest BCUT2D eigenvalue weighted by molar-refractivity contribution is -0.129. The van der Waals surface area contributed by atoms with E-state index in [1.54, 1.807) is 0 Å². The molecule has 2 aliphatic rings. The summed E-state index contributed by atoms with van der Waals surface area (Å²) in [7, 11) is -4.89. The van der Waals surface area contributed by atoms with Gasteiger partial charge in [-0.05, 0) is 24.1 Å². The SMILES string of the molecule is Cc1cc([C@H]2C(C(=O)O)=NC=C3N=NC(OC(F)F)=C32)ccc1S(=O)(=O)C(F)F. The maximum atomic E-state index is 12.8. The van der Waals surface area contributed by atoms with Crippen LogP contribution in [0.25, 0.3) is 0 Å². The van der Waals surface area contributed by atoms with Crippen LogP contribution in [0.4, 0.5) is 17.6 Å². The van der Waals surface area contributed by atoms with E-state index in [1.807, 2.05) is 0 Å². The molecule has 0 amide bonds. The molecule has 0 unspecified atom stereocenters. The first-order chi connectivity index (χ1) is 13.5. The highest BCUT2D eigenvalue weighted by atomic mass is 32.2. The van der Waals surface area contributed by atoms with Crippen molar-refractivity contribution in [3.8, 4) is 0 Å². The van der Waals surface area contributed by atoms with Crippen LogP contribution < -0.4 is 0 Å². The predicted molar refractivity (Wildman–Crippen MR) is 89.2 cm³/mol. The van der Waals surface area contributed by atoms with Crippen LogP contribution in [0.15, 0.2) is 61.7 Å². The molecule has 0 aromatic heterocycles. The number of aliphatic carboxylic acids is 1. The van der Waals surface area contributed by atoms with Crippen LogP contribution in [0.5, 0.6) is 0 Å². The van der Waals surface area contributed by atoms with E-state index in [0.29, 0.717) is 0 Å². The van der Waals surface area contributed by atoms with Gasteiger partial charge in [0, 0.05) is 0 Å². The van der Waals surface area contributed by atoms with Gasteiger partial charge in [0.25, 0.3) is 0 Å². The lowest BCUT2D eigenvalue weighted by Gasteiger charge is -2.23. The molecule has 0 saturated carbocycles. The third kappa shape index (κ3) is 3.64. The molecule has 0 bridgehead atoms. The number of aliphatic imine (C=N–C) groups is 1. The number of aryl methyl sites for hydroxylation is 1. The summed E-state index contributed by atoms with van der Waals surface area (Å²) in [6.07, 6.45) is 1.02. The van der Waals surface area contributed by atoms with Crippen molar-refractivity contribution in [2.45, 2.75) is 30.1 Å². The topological polar surface area (TPSA) is 118 Å². The number of ether oxygens (including phenoxy) is 1. The van der Waals surface area contributed by atoms with E-state index < -0.39 is 50.6 Å². The zero-order chi connectivity index (χ0) is 21.5. The molecule has 0 saturated heterocycles. The fraction of sp³-hybridized carbons (Fsp3) is 0.250. The van der Waals surface area contributed by atoms with Gasteiger partial charge < -0.3 is 9.84 Å². The second-order valence-corrected chi connectivity index (χ2v) is 7.78. The number of carboxylic acids is 1. The summed E-state index contributed by atoms with van der Waals surface area (Å²) in [6.45, 7) is -2.02. The van der Waals surface area contributed by atoms with Gasteiger partial charge in [0.15, 0.2) is 0 Å². The smallest absolute Gasteiger partial charge is 0.388 e. The van der Waals surface area contributed by atoms with Crippen LogP contribution in [0, 0.1) is 6.92 Å². The second-order valence-electron chi connectivity index (χ2n) is 5.89. The largest absolute Gasteiger partial charge is 0.477 e. The Hall–Kier alpha value is -3.09. The lowest BCUT2D eigenvalue weighted by atomic mass is 9.83. The summed E-state index contributed by atoms with van der Waals surface area (Å²) >= 11 is 0. The van der Waals surface area contributed by atoms with Gasteiger partial charge in [0.05, 0.1) is 22.6 Å². The van der Waals surface area contributed by atoms with Gasteiger partial charge in [-0.15, -0.1) is 10.2 Å². The number of hydrogen-bond donors (Lipinski definition) is 1. The number of alkyl halides is 4. The maximum Gasteiger partial charge on any atom is 0.388 e. The van der Waals surface area contributed by atoms with E-state index in [2.05, 4.69) is 20.0 Å². The highest BCUT2D eigenvalue weighted by Crippen LogP contribution is 2.42. The molecule has 0 fully saturated rings. The number of hydrogen-bond acceptors (Lipinski definition) is 7. The summed E-state index contributed by atoms with van der Waals surface area (Å²) in [5.41, 5.74) is -0.609. The van der Waals surface area contributed by atoms with Crippen LogP contribution in [-0.2, 0) is 19.4 Å². The molecule has 1 aromatic carbocycles. The highest BCUT2D eigenvalue weighted by molar-refractivity contribution is 7.91. The van der Waals surface area contributed by atoms with Gasteiger partial charge in [-0.2, -0.15) is 17.6 Å². The maximum absolute atomic E-state index is 12.8. The molecule has 8 nitrogen and oxygen atoms in total. The van der Waals surface area contributed by atoms with Crippen molar-refractivity contribution in [1.82, 2.24) is 0 Å². The minimum atomic E-state index is -4.89. The van der Waals surface area contributed by atoms with Crippen LogP contribution >= 0.6 is 0 Å². The van der Waals surface area contributed by atoms with Crippen LogP contribution in [0.3, 0.4) is 0 Å². The number of benzene rings is 1. The normalized spacial score (nSPS) is 18.8. The number of carbonyl (C=O) groups is 1. The Labute approximate surface area is 160 Å². The minimum absolute atomic E-state index is 0.0161. The van der Waals surface area contributed by atoms with E-state index in [9.17, 15) is 35.9 Å². The van der Waals surface area contributed by atoms with Crippen LogP contribution in [0.2, 0.25) is 0 Å². The molecule has 1 N–H and O–H groups in total. The molecule has 1 aromatic rings. The molecule has 29 heavy (non-hydrogen) atoms. The molecule has 2 aliphatic heterocycles. The molecule has 13 heteroatoms. The zero-order valence-corrected chi connectivity index (χ0v) is 15.2. The minimum Gasteiger partial charge on any atom is -0.477 e. The zero-order valence-electron chi connectivity index (χ0n) is 14.4. The Bertz CT molecular complexity index is 1110. The van der Waals surface area contributed by atoms with Gasteiger partial charge in [0.2, 0.25) is 15.7 Å². The van der Waals surface area contributed by atoms with Crippen molar-refractivity contribution in [2.24, 2.45) is 15.2 Å². The number of rotatable bonds is 6. The number of fused-ring (bicyclic) bond motifs is 1. The Morgan fingerprint density at radius 1 is 1.21 bits per heavy atom. The standard InChI is InChI=1S/C16H11F4N3O5S/c1-6-4-7(2-3-9(6)29(26,27)16(19)20)10-11-8(5-21-12(10)14(24)25)22-23-13(11)28-15(17)18/h2-5,10,15-16H,1H3,(H,24,25)/t10-/m1/s1. The molecule has 154 valence electrons. The van der Waals surface area contributed by atoms with E-state index in [0.717, 1.165) is 24.4 Å². The van der Waals surface area contributed by atoms with Crippen molar-refractivity contribution in [2.75, 3.05) is 0 Å². The predicted octanol–water partition coefficient (Wildman–Crippen LogP) is 3.37. The number of azo groups is 1. The number of carboxylic acid groups (broad SMARTS) is 1. The van der Waals surface area contributed by atoms with Crippen molar-refractivity contribution >= 4 is 21.5 Å². The van der Waals surface area contributed by atoms with Crippen molar-refractivity contribution < 1.29 is 40.6 Å². The Kier molecular flexibility index (Phi) is 5.26. The monoisotopic (exact) mass is 433 g/mol. The molecule has 1 atom stereocenters. The summed E-state index contributed by atoms with van der Waals surface area (Å²) in [4.78, 5) is 14.7. The summed E-state index contributed by atoms with van der Waals surface area (Å²) in [6, 6.07) is 3.15. The average Bonchev–Trinajstić information content (AvgIpc) is 3.02. The first-order valence-electron chi connectivity index (χ1n) is 7.79. The van der Waals surface area contributed by atoms with Crippen molar-refractivity contribution in [1.29, 1.82) is 0 Å². The van der Waals surface area contributed by atoms with Crippen LogP contribution in [0.1, 0.15) is 17.0 Å². The molecule has 0 radical (unpaired) electrons. The van der Waals surface area contributed by atoms with E-state index in [4.69, 9.17) is 0 Å². The quantitative estimate of drug-likeness (QED) is 0.690. The molecule has 0 spiro atoms. The molecular formula is C16H11F4N3O5S. The summed E-state index contributed by atoms with van der Waals surface area (Å²) in [5.74, 6) is -7.04. The Balaban J connectivity index is 2.16. The molecule has 2 heterocycles. The summed E-state index contributed by atoms with van der Waals surface area (Å²) < 4.78 is 78.9. The Morgan fingerprint density at radius 2 is 1.90 bits per heavy atom. The number of allylic oxidation sites excluding steroid dienone is 1. The van der Waals surface area contributed by atoms with Gasteiger partial charge in [0.1, 0.15) is 11.4 Å². The molecule has 0 aliphatic carbocycles. The van der Waals surface area contributed by atoms with Gasteiger partial charge in [-0.3, -0.25) is 4.99 Å². The fourth-order valence-corrected chi connectivity index (χ4v) is 3.92. The summed E-state index contributed by atoms with van der Waals surface area (Å²) in [5, 5.41) is 16.5. The molecule has 3 rings (SSSR count). The number of halogens is 4. The van der Waals surface area contributed by atoms with Gasteiger partial charge in [-0.1, -0.05) is 12.1 Å². The lowest BCUT2D eigenvalue weighted by Crippen LogP contribution is -2.27. The van der Waals surface area contributed by atoms with E-state index >= 15 is 0 Å². The fourth-order valence-electron chi connectivity index (χ4n) is 2.97. The van der Waals surface area contributed by atoms with Crippen molar-refractivity contribution in [3.05, 3.63) is 52.7 Å². The van der Waals surface area contributed by atoms with E-state index in [-0.39, 0.29) is 22.4 Å². The van der Waals surface area contributed by atoms with Gasteiger partial charge >= 0.3 is 18.3 Å². The van der Waals surface area contributed by atoms with E-state index in [1.165, 1.54) is 6.92 Å². The third-order valence-corrected chi connectivity index (χ3v) is 5.68. The van der Waals surface area contributed by atoms with Crippen LogP contribution in [-0.4, -0.2) is 37.6 Å². The first-order valence-corrected chi connectivity index (χ1v) is 9.33. The second kappa shape index (κ2) is 7.39. The van der Waals surface area contributed by atoms with Gasteiger partial charge in [-0.25, -0.2) is 13.2 Å². The Morgan fingerprint density at radius 3 is 2.45 bits per heavy atom. The number of sulfone groups is 1. The average molecular weight is 433 g/mol. The third-order valence-electron chi connectivity index (χ3n) is 4.14.